The molecule has 1 aromatic rings. The van der Waals surface area contributed by atoms with Crippen LogP contribution in [0.25, 0.3) is 12.7 Å². The van der Waals surface area contributed by atoms with Gasteiger partial charge in [-0.3, -0.25) is 0 Å². The molecular weight excluding hydrogens is 146 g/mol. The topological polar surface area (TPSA) is 26.0 Å². The van der Waals surface area contributed by atoms with Crippen LogP contribution in [-0.2, 0) is 0 Å². The maximum atomic E-state index is 5.24. The van der Waals surface area contributed by atoms with Gasteiger partial charge in [-0.05, 0) is 35.2 Å². The van der Waals surface area contributed by atoms with Crippen LogP contribution < -0.4 is 16.2 Å². The maximum absolute atomic E-state index is 5.24. The molecule has 1 heteroatoms. The van der Waals surface area contributed by atoms with Gasteiger partial charge in [0.15, 0.2) is 0 Å². The van der Waals surface area contributed by atoms with E-state index in [1.807, 2.05) is 24.3 Å². The predicted molar refractivity (Wildman–Crippen MR) is 53.7 cm³/mol. The Kier molecular flexibility index (Phi) is 2.70. The summed E-state index contributed by atoms with van der Waals surface area (Å²) in [7, 11) is 0. The first-order chi connectivity index (χ1) is 5.75. The lowest BCUT2D eigenvalue weighted by Crippen LogP contribution is -2.24. The molecule has 0 bridgehead atoms. The molecular formula is C11H13N. The number of benzene rings is 1. The lowest BCUT2D eigenvalue weighted by molar-refractivity contribution is 1.37. The average Bonchev–Trinajstić information content (AvgIpc) is 2.04. The van der Waals surface area contributed by atoms with Crippen molar-refractivity contribution in [1.82, 2.24) is 0 Å². The van der Waals surface area contributed by atoms with Gasteiger partial charge in [-0.15, -0.1) is 0 Å². The van der Waals surface area contributed by atoms with Crippen molar-refractivity contribution in [2.45, 2.75) is 6.92 Å². The second-order valence-corrected chi connectivity index (χ2v) is 2.70. The molecule has 1 rings (SSSR count). The molecule has 0 heterocycles. The maximum Gasteiger partial charge on any atom is -0.00622 e. The van der Waals surface area contributed by atoms with Gasteiger partial charge in [-0.25, -0.2) is 0 Å². The van der Waals surface area contributed by atoms with Crippen molar-refractivity contribution in [1.29, 1.82) is 0 Å². The molecule has 0 aromatic heterocycles. The van der Waals surface area contributed by atoms with Crippen LogP contribution in [0.1, 0.15) is 5.56 Å². The van der Waals surface area contributed by atoms with E-state index in [4.69, 9.17) is 5.73 Å². The highest BCUT2D eigenvalue weighted by molar-refractivity contribution is 5.40. The molecule has 0 saturated carbocycles. The van der Waals surface area contributed by atoms with Gasteiger partial charge >= 0.3 is 0 Å². The zero-order valence-electron chi connectivity index (χ0n) is 7.25. The highest BCUT2D eigenvalue weighted by Gasteiger charge is 1.85. The molecule has 0 aliphatic carbocycles. The summed E-state index contributed by atoms with van der Waals surface area (Å²) in [6, 6.07) is 6.05. The van der Waals surface area contributed by atoms with Crippen molar-refractivity contribution in [3.8, 4) is 0 Å². The summed E-state index contributed by atoms with van der Waals surface area (Å²) in [4.78, 5) is 0. The van der Waals surface area contributed by atoms with Crippen molar-refractivity contribution < 1.29 is 0 Å². The zero-order chi connectivity index (χ0) is 8.97. The van der Waals surface area contributed by atoms with E-state index in [1.165, 1.54) is 11.8 Å². The second-order valence-electron chi connectivity index (χ2n) is 2.70. The van der Waals surface area contributed by atoms with E-state index in [0.717, 1.165) is 10.4 Å². The molecule has 62 valence electrons. The first-order valence-electron chi connectivity index (χ1n) is 3.89. The summed E-state index contributed by atoms with van der Waals surface area (Å²) >= 11 is 0. The van der Waals surface area contributed by atoms with E-state index < -0.39 is 0 Å². The van der Waals surface area contributed by atoms with E-state index in [-0.39, 0.29) is 0 Å². The van der Waals surface area contributed by atoms with Crippen LogP contribution in [0.2, 0.25) is 0 Å². The van der Waals surface area contributed by atoms with Crippen molar-refractivity contribution >= 4 is 12.7 Å². The van der Waals surface area contributed by atoms with Gasteiger partial charge in [0, 0.05) is 0 Å². The largest absolute Gasteiger partial charge is 0.405 e. The Morgan fingerprint density at radius 1 is 1.42 bits per heavy atom. The molecule has 0 radical (unpaired) electrons. The van der Waals surface area contributed by atoms with E-state index in [1.54, 1.807) is 0 Å². The highest BCUT2D eigenvalue weighted by Crippen LogP contribution is 1.83. The summed E-state index contributed by atoms with van der Waals surface area (Å²) in [6.45, 7) is 5.99. The quantitative estimate of drug-likeness (QED) is 0.640. The van der Waals surface area contributed by atoms with Crippen LogP contribution in [0.4, 0.5) is 0 Å². The Labute approximate surface area is 72.5 Å². The minimum Gasteiger partial charge on any atom is -0.405 e. The molecule has 1 aromatic carbocycles. The first kappa shape index (κ1) is 8.60. The van der Waals surface area contributed by atoms with Gasteiger partial charge in [0.2, 0.25) is 0 Å². The van der Waals surface area contributed by atoms with Crippen LogP contribution >= 0.6 is 0 Å². The Morgan fingerprint density at radius 2 is 2.17 bits per heavy atom. The van der Waals surface area contributed by atoms with E-state index in [2.05, 4.69) is 19.6 Å². The van der Waals surface area contributed by atoms with Crippen LogP contribution in [0.3, 0.4) is 0 Å². The Bertz CT molecular complexity index is 388. The first-order valence-corrected chi connectivity index (χ1v) is 3.89. The summed E-state index contributed by atoms with van der Waals surface area (Å²) in [5.74, 6) is 0. The third-order valence-electron chi connectivity index (χ3n) is 1.79. The predicted octanol–water partition coefficient (Wildman–Crippen LogP) is 0.658. The van der Waals surface area contributed by atoms with Gasteiger partial charge < -0.3 is 5.73 Å². The highest BCUT2D eigenvalue weighted by atomic mass is 14.5. The standard InChI is InChI=1S/C11H13N/c1-9-5-3-6-10(2)11(9)7-4-8-12/h3-8H,1,12H2,2H3/b8-4-,11-7+. The Morgan fingerprint density at radius 3 is 2.75 bits per heavy atom. The van der Waals surface area contributed by atoms with E-state index in [0.29, 0.717) is 0 Å². The number of aryl methyl sites for hydroxylation is 1. The van der Waals surface area contributed by atoms with Crippen LogP contribution in [-0.4, -0.2) is 0 Å². The Balaban J connectivity index is 3.41. The summed E-state index contributed by atoms with van der Waals surface area (Å²) in [6.07, 6.45) is 5.31. The van der Waals surface area contributed by atoms with Crippen LogP contribution in [0.5, 0.6) is 0 Å². The molecule has 0 unspecified atom stereocenters. The molecule has 0 amide bonds. The molecule has 12 heavy (non-hydrogen) atoms. The number of hydrogen-bond donors (Lipinski definition) is 1. The van der Waals surface area contributed by atoms with Crippen molar-refractivity contribution in [2.24, 2.45) is 5.73 Å². The summed E-state index contributed by atoms with van der Waals surface area (Å²) in [5.41, 5.74) is 6.47. The molecule has 0 aliphatic rings. The SMILES string of the molecule is C=c1cccc(C)/c1=C/C=C\N. The summed E-state index contributed by atoms with van der Waals surface area (Å²) in [5, 5.41) is 2.19. The lowest BCUT2D eigenvalue weighted by Gasteiger charge is -1.92. The number of hydrogen-bond acceptors (Lipinski definition) is 1. The number of nitrogens with two attached hydrogens (primary N) is 1. The third kappa shape index (κ3) is 1.76. The molecule has 0 spiro atoms. The van der Waals surface area contributed by atoms with Crippen molar-refractivity contribution in [3.63, 3.8) is 0 Å². The minimum absolute atomic E-state index is 1.04. The van der Waals surface area contributed by atoms with Crippen molar-refractivity contribution in [3.05, 3.63) is 46.5 Å². The third-order valence-corrected chi connectivity index (χ3v) is 1.79. The Hall–Kier alpha value is -1.50. The molecule has 0 saturated heterocycles. The number of rotatable bonds is 1. The van der Waals surface area contributed by atoms with E-state index >= 15 is 0 Å². The fraction of sp³-hybridized carbons (Fsp3) is 0.0909. The van der Waals surface area contributed by atoms with Crippen LogP contribution in [0, 0.1) is 6.92 Å². The molecule has 0 atom stereocenters. The molecule has 0 fully saturated rings. The normalized spacial score (nSPS) is 12.6. The minimum atomic E-state index is 1.04. The summed E-state index contributed by atoms with van der Waals surface area (Å²) < 4.78 is 0. The lowest BCUT2D eigenvalue weighted by atomic mass is 10.1. The molecule has 2 N–H and O–H groups in total. The van der Waals surface area contributed by atoms with Gasteiger partial charge in [0.1, 0.15) is 0 Å². The van der Waals surface area contributed by atoms with E-state index in [9.17, 15) is 0 Å². The zero-order valence-corrected chi connectivity index (χ0v) is 7.25. The number of allylic oxidation sites excluding steroid dienone is 1. The molecule has 0 aliphatic heterocycles. The second kappa shape index (κ2) is 3.77. The fourth-order valence-corrected chi connectivity index (χ4v) is 1.13. The van der Waals surface area contributed by atoms with Crippen LogP contribution in [0.15, 0.2) is 30.5 Å². The van der Waals surface area contributed by atoms with Crippen molar-refractivity contribution in [2.75, 3.05) is 0 Å². The molecule has 1 nitrogen and oxygen atoms in total. The van der Waals surface area contributed by atoms with Gasteiger partial charge in [0.05, 0.1) is 0 Å². The van der Waals surface area contributed by atoms with Gasteiger partial charge in [-0.1, -0.05) is 30.9 Å². The smallest absolute Gasteiger partial charge is 0.00622 e. The fourth-order valence-electron chi connectivity index (χ4n) is 1.13. The van der Waals surface area contributed by atoms with Gasteiger partial charge in [-0.2, -0.15) is 0 Å². The van der Waals surface area contributed by atoms with Gasteiger partial charge in [0.25, 0.3) is 0 Å². The monoisotopic (exact) mass is 159 g/mol. The average molecular weight is 159 g/mol.